The van der Waals surface area contributed by atoms with Gasteiger partial charge >= 0.3 is 0 Å². The van der Waals surface area contributed by atoms with Gasteiger partial charge in [-0.2, -0.15) is 0 Å². The number of aryl methyl sites for hydroxylation is 3. The van der Waals surface area contributed by atoms with Crippen LogP contribution < -0.4 is 5.32 Å². The monoisotopic (exact) mass is 347 g/mol. The molecule has 0 atom stereocenters. The van der Waals surface area contributed by atoms with Crippen molar-refractivity contribution in [2.45, 2.75) is 20.8 Å². The van der Waals surface area contributed by atoms with Crippen molar-refractivity contribution in [3.63, 3.8) is 0 Å². The Morgan fingerprint density at radius 3 is 2.48 bits per heavy atom. The summed E-state index contributed by atoms with van der Waals surface area (Å²) >= 11 is 12.2. The van der Waals surface area contributed by atoms with Gasteiger partial charge in [0.15, 0.2) is 5.65 Å². The number of rotatable bonds is 2. The normalized spacial score (nSPS) is 11.0. The summed E-state index contributed by atoms with van der Waals surface area (Å²) in [5.74, 6) is -0.245. The van der Waals surface area contributed by atoms with Gasteiger partial charge in [-0.25, -0.2) is 4.98 Å². The lowest BCUT2D eigenvalue weighted by molar-refractivity contribution is 0.102. The van der Waals surface area contributed by atoms with E-state index >= 15 is 0 Å². The summed E-state index contributed by atoms with van der Waals surface area (Å²) in [5, 5.41) is 3.82. The van der Waals surface area contributed by atoms with Crippen molar-refractivity contribution in [3.05, 3.63) is 63.0 Å². The molecule has 0 radical (unpaired) electrons. The van der Waals surface area contributed by atoms with Gasteiger partial charge in [-0.15, -0.1) is 0 Å². The van der Waals surface area contributed by atoms with Crippen LogP contribution in [0.4, 0.5) is 5.69 Å². The van der Waals surface area contributed by atoms with E-state index in [-0.39, 0.29) is 5.91 Å². The predicted octanol–water partition coefficient (Wildman–Crippen LogP) is 4.82. The van der Waals surface area contributed by atoms with E-state index in [1.807, 2.05) is 32.0 Å². The molecule has 2 aromatic heterocycles. The molecule has 1 aromatic carbocycles. The number of nitrogens with one attached hydrogen (secondary N) is 1. The van der Waals surface area contributed by atoms with Crippen molar-refractivity contribution in [2.24, 2.45) is 0 Å². The Labute approximate surface area is 144 Å². The van der Waals surface area contributed by atoms with E-state index in [4.69, 9.17) is 23.2 Å². The van der Waals surface area contributed by atoms with Crippen LogP contribution >= 0.6 is 23.2 Å². The third kappa shape index (κ3) is 2.80. The number of carbonyl (C=O) groups is 1. The molecule has 0 spiro atoms. The molecule has 118 valence electrons. The van der Waals surface area contributed by atoms with Crippen LogP contribution in [0.15, 0.2) is 30.5 Å². The molecule has 3 rings (SSSR count). The second-order valence-electron chi connectivity index (χ2n) is 5.47. The maximum atomic E-state index is 12.8. The van der Waals surface area contributed by atoms with Gasteiger partial charge in [0.05, 0.1) is 15.7 Å². The average Bonchev–Trinajstić information content (AvgIpc) is 2.79. The maximum absolute atomic E-state index is 12.8. The highest BCUT2D eigenvalue weighted by Gasteiger charge is 2.19. The largest absolute Gasteiger partial charge is 0.320 e. The number of aromatic nitrogens is 2. The Kier molecular flexibility index (Phi) is 4.04. The Morgan fingerprint density at radius 2 is 1.83 bits per heavy atom. The zero-order valence-corrected chi connectivity index (χ0v) is 14.5. The van der Waals surface area contributed by atoms with E-state index in [9.17, 15) is 4.79 Å². The zero-order valence-electron chi connectivity index (χ0n) is 12.9. The predicted molar refractivity (Wildman–Crippen MR) is 93.8 cm³/mol. The van der Waals surface area contributed by atoms with Gasteiger partial charge < -0.3 is 5.32 Å². The highest BCUT2D eigenvalue weighted by atomic mass is 35.5. The van der Waals surface area contributed by atoms with Crippen molar-refractivity contribution in [3.8, 4) is 0 Å². The van der Waals surface area contributed by atoms with Gasteiger partial charge in [-0.1, -0.05) is 41.4 Å². The smallest absolute Gasteiger partial charge is 0.274 e. The van der Waals surface area contributed by atoms with E-state index in [0.717, 1.165) is 16.8 Å². The first-order valence-corrected chi connectivity index (χ1v) is 7.85. The number of anilines is 1. The number of nitrogens with zero attached hydrogens (tertiary/aromatic N) is 2. The molecule has 1 amide bonds. The van der Waals surface area contributed by atoms with E-state index < -0.39 is 0 Å². The Bertz CT molecular complexity index is 911. The van der Waals surface area contributed by atoms with Crippen molar-refractivity contribution in [1.29, 1.82) is 0 Å². The molecule has 0 aliphatic carbocycles. The number of pyridine rings is 1. The molecule has 2 heterocycles. The summed E-state index contributed by atoms with van der Waals surface area (Å²) in [6.45, 7) is 5.69. The molecule has 4 nitrogen and oxygen atoms in total. The minimum absolute atomic E-state index is 0.245. The van der Waals surface area contributed by atoms with E-state index in [1.165, 1.54) is 0 Å². The molecule has 23 heavy (non-hydrogen) atoms. The summed E-state index contributed by atoms with van der Waals surface area (Å²) in [6.07, 6.45) is 1.64. The maximum Gasteiger partial charge on any atom is 0.274 e. The molecule has 0 saturated heterocycles. The standard InChI is InChI=1S/C17H15Cl2N3O/c1-9-5-4-6-10(2)14(9)21-17(23)15-11(3)20-16-13(19)7-12(18)8-22(15)16/h4-8H,1-3H3,(H,21,23). The highest BCUT2D eigenvalue weighted by Crippen LogP contribution is 2.26. The number of hydrogen-bond donors (Lipinski definition) is 1. The zero-order chi connectivity index (χ0) is 16.7. The number of benzene rings is 1. The van der Waals surface area contributed by atoms with Gasteiger partial charge in [0, 0.05) is 11.9 Å². The topological polar surface area (TPSA) is 46.4 Å². The number of carbonyl (C=O) groups excluding carboxylic acids is 1. The Hall–Kier alpha value is -2.04. The van der Waals surface area contributed by atoms with E-state index in [0.29, 0.717) is 27.1 Å². The molecule has 1 N–H and O–H groups in total. The van der Waals surface area contributed by atoms with Crippen molar-refractivity contribution < 1.29 is 4.79 Å². The fraction of sp³-hybridized carbons (Fsp3) is 0.176. The summed E-state index contributed by atoms with van der Waals surface area (Å²) in [6, 6.07) is 7.48. The third-order valence-corrected chi connectivity index (χ3v) is 4.24. The Morgan fingerprint density at radius 1 is 1.17 bits per heavy atom. The number of fused-ring (bicyclic) bond motifs is 1. The number of halogens is 2. The first kappa shape index (κ1) is 15.8. The summed E-state index contributed by atoms with van der Waals surface area (Å²) in [4.78, 5) is 17.2. The lowest BCUT2D eigenvalue weighted by Crippen LogP contribution is -2.17. The number of para-hydroxylation sites is 1. The van der Waals surface area contributed by atoms with E-state index in [1.54, 1.807) is 23.6 Å². The first-order valence-electron chi connectivity index (χ1n) is 7.09. The summed E-state index contributed by atoms with van der Waals surface area (Å²) < 4.78 is 1.63. The highest BCUT2D eigenvalue weighted by molar-refractivity contribution is 6.36. The second kappa shape index (κ2) is 5.87. The van der Waals surface area contributed by atoms with E-state index in [2.05, 4.69) is 10.3 Å². The molecule has 0 bridgehead atoms. The first-order chi connectivity index (χ1) is 10.9. The molecule has 6 heteroatoms. The number of hydrogen-bond acceptors (Lipinski definition) is 2. The number of amides is 1. The van der Waals surface area contributed by atoms with Gasteiger partial charge in [0.1, 0.15) is 5.69 Å². The van der Waals surface area contributed by atoms with Crippen LogP contribution in [0.2, 0.25) is 10.0 Å². The Balaban J connectivity index is 2.10. The average molecular weight is 348 g/mol. The van der Waals surface area contributed by atoms with Crippen molar-refractivity contribution in [1.82, 2.24) is 9.38 Å². The molecule has 0 unspecified atom stereocenters. The molecule has 0 saturated carbocycles. The quantitative estimate of drug-likeness (QED) is 0.722. The fourth-order valence-corrected chi connectivity index (χ4v) is 3.16. The van der Waals surface area contributed by atoms with Gasteiger partial charge in [-0.3, -0.25) is 9.20 Å². The van der Waals surface area contributed by atoms with Crippen molar-refractivity contribution >= 4 is 40.4 Å². The molecule has 0 aliphatic heterocycles. The fourth-order valence-electron chi connectivity index (χ4n) is 2.64. The van der Waals surface area contributed by atoms with Gasteiger partial charge in [0.2, 0.25) is 0 Å². The second-order valence-corrected chi connectivity index (χ2v) is 6.31. The molecular weight excluding hydrogens is 333 g/mol. The van der Waals surface area contributed by atoms with Crippen molar-refractivity contribution in [2.75, 3.05) is 5.32 Å². The minimum Gasteiger partial charge on any atom is -0.320 e. The van der Waals surface area contributed by atoms with Gasteiger partial charge in [-0.05, 0) is 38.0 Å². The van der Waals surface area contributed by atoms with Crippen LogP contribution in [0.25, 0.3) is 5.65 Å². The van der Waals surface area contributed by atoms with Crippen LogP contribution in [0, 0.1) is 20.8 Å². The SMILES string of the molecule is Cc1cccc(C)c1NC(=O)c1c(C)nc2c(Cl)cc(Cl)cn12. The summed E-state index contributed by atoms with van der Waals surface area (Å²) in [7, 11) is 0. The lowest BCUT2D eigenvalue weighted by atomic mass is 10.1. The molecule has 3 aromatic rings. The van der Waals surface area contributed by atoms with Crippen LogP contribution in [0.1, 0.15) is 27.3 Å². The van der Waals surface area contributed by atoms with Gasteiger partial charge in [0.25, 0.3) is 5.91 Å². The van der Waals surface area contributed by atoms with Crippen LogP contribution in [0.3, 0.4) is 0 Å². The molecule has 0 aliphatic rings. The number of imidazole rings is 1. The molecular formula is C17H15Cl2N3O. The summed E-state index contributed by atoms with van der Waals surface area (Å²) in [5.41, 5.74) is 4.34. The lowest BCUT2D eigenvalue weighted by Gasteiger charge is -2.12. The third-order valence-electron chi connectivity index (χ3n) is 3.75. The minimum atomic E-state index is -0.245. The van der Waals surface area contributed by atoms with Crippen LogP contribution in [0.5, 0.6) is 0 Å². The molecule has 0 fully saturated rings. The van der Waals surface area contributed by atoms with Crippen LogP contribution in [-0.4, -0.2) is 15.3 Å². The van der Waals surface area contributed by atoms with Crippen LogP contribution in [-0.2, 0) is 0 Å².